The van der Waals surface area contributed by atoms with Crippen molar-refractivity contribution in [3.63, 3.8) is 0 Å². The molecular weight excluding hydrogens is 260 g/mol. The second-order valence-corrected chi connectivity index (χ2v) is 5.14. The second-order valence-electron chi connectivity index (χ2n) is 5.14. The molecule has 104 valence electrons. The molecule has 0 unspecified atom stereocenters. The van der Waals surface area contributed by atoms with Crippen LogP contribution < -0.4 is 4.90 Å². The number of aromatic nitrogens is 2. The summed E-state index contributed by atoms with van der Waals surface area (Å²) in [6.07, 6.45) is 6.92. The highest BCUT2D eigenvalue weighted by atomic mass is 15.1. The number of rotatable bonds is 2. The van der Waals surface area contributed by atoms with Crippen LogP contribution in [0.5, 0.6) is 0 Å². The lowest BCUT2D eigenvalue weighted by atomic mass is 10.0. The van der Waals surface area contributed by atoms with E-state index in [1.807, 2.05) is 43.6 Å². The number of nitrogens with zero attached hydrogens (tertiary/aromatic N) is 4. The van der Waals surface area contributed by atoms with Crippen LogP contribution in [0.2, 0.25) is 0 Å². The van der Waals surface area contributed by atoms with Gasteiger partial charge in [-0.15, -0.1) is 0 Å². The molecule has 3 heterocycles. The maximum absolute atomic E-state index is 9.07. The lowest BCUT2D eigenvalue weighted by Crippen LogP contribution is -2.29. The SMILES string of the molecule is Cc1cc(N2CCC=C(c3ccncc3)C2)cc(C#N)n1. The molecule has 0 aromatic carbocycles. The summed E-state index contributed by atoms with van der Waals surface area (Å²) >= 11 is 0. The van der Waals surface area contributed by atoms with Crippen LogP contribution in [0, 0.1) is 18.3 Å². The summed E-state index contributed by atoms with van der Waals surface area (Å²) in [5.74, 6) is 0. The number of hydrogen-bond acceptors (Lipinski definition) is 4. The number of anilines is 1. The van der Waals surface area contributed by atoms with E-state index in [0.29, 0.717) is 5.69 Å². The highest BCUT2D eigenvalue weighted by Crippen LogP contribution is 2.25. The molecule has 0 amide bonds. The molecule has 0 atom stereocenters. The Balaban J connectivity index is 1.87. The van der Waals surface area contributed by atoms with Crippen molar-refractivity contribution in [1.82, 2.24) is 9.97 Å². The van der Waals surface area contributed by atoms with Crippen molar-refractivity contribution in [2.24, 2.45) is 0 Å². The first-order valence-corrected chi connectivity index (χ1v) is 6.99. The van der Waals surface area contributed by atoms with E-state index in [1.54, 1.807) is 0 Å². The zero-order valence-corrected chi connectivity index (χ0v) is 12.0. The van der Waals surface area contributed by atoms with Gasteiger partial charge in [-0.05, 0) is 48.7 Å². The van der Waals surface area contributed by atoms with Gasteiger partial charge >= 0.3 is 0 Å². The van der Waals surface area contributed by atoms with Crippen LogP contribution in [0.3, 0.4) is 0 Å². The number of aryl methyl sites for hydroxylation is 1. The first-order chi connectivity index (χ1) is 10.3. The van der Waals surface area contributed by atoms with Crippen molar-refractivity contribution in [1.29, 1.82) is 5.26 Å². The highest BCUT2D eigenvalue weighted by molar-refractivity contribution is 5.71. The number of pyridine rings is 2. The van der Waals surface area contributed by atoms with Gasteiger partial charge in [0.25, 0.3) is 0 Å². The minimum atomic E-state index is 0.477. The van der Waals surface area contributed by atoms with Crippen LogP contribution in [0.15, 0.2) is 42.7 Å². The van der Waals surface area contributed by atoms with Crippen molar-refractivity contribution in [3.8, 4) is 6.07 Å². The molecule has 0 spiro atoms. The molecule has 2 aromatic rings. The Kier molecular flexibility index (Phi) is 3.65. The molecule has 1 aliphatic heterocycles. The van der Waals surface area contributed by atoms with Gasteiger partial charge in [0.15, 0.2) is 0 Å². The Morgan fingerprint density at radius 2 is 2.05 bits per heavy atom. The first kappa shape index (κ1) is 13.3. The molecule has 4 nitrogen and oxygen atoms in total. The fourth-order valence-corrected chi connectivity index (χ4v) is 2.63. The lowest BCUT2D eigenvalue weighted by Gasteiger charge is -2.29. The first-order valence-electron chi connectivity index (χ1n) is 6.99. The molecule has 0 bridgehead atoms. The molecule has 3 rings (SSSR count). The summed E-state index contributed by atoms with van der Waals surface area (Å²) in [5.41, 5.74) is 4.94. The Labute approximate surface area is 124 Å². The Bertz CT molecular complexity index is 713. The quantitative estimate of drug-likeness (QED) is 0.846. The maximum atomic E-state index is 9.07. The summed E-state index contributed by atoms with van der Waals surface area (Å²) in [6, 6.07) is 10.1. The van der Waals surface area contributed by atoms with Gasteiger partial charge in [-0.1, -0.05) is 6.08 Å². The van der Waals surface area contributed by atoms with E-state index in [4.69, 9.17) is 5.26 Å². The van der Waals surface area contributed by atoms with Crippen molar-refractivity contribution >= 4 is 11.3 Å². The predicted octanol–water partition coefficient (Wildman–Crippen LogP) is 2.95. The molecule has 0 saturated carbocycles. The smallest absolute Gasteiger partial charge is 0.142 e. The van der Waals surface area contributed by atoms with E-state index in [-0.39, 0.29) is 0 Å². The molecule has 0 saturated heterocycles. The van der Waals surface area contributed by atoms with E-state index < -0.39 is 0 Å². The van der Waals surface area contributed by atoms with Gasteiger partial charge in [0, 0.05) is 36.9 Å². The van der Waals surface area contributed by atoms with Gasteiger partial charge in [0.1, 0.15) is 11.8 Å². The third-order valence-electron chi connectivity index (χ3n) is 3.62. The molecule has 0 radical (unpaired) electrons. The van der Waals surface area contributed by atoms with E-state index in [0.717, 1.165) is 30.9 Å². The van der Waals surface area contributed by atoms with Crippen LogP contribution in [-0.2, 0) is 0 Å². The minimum Gasteiger partial charge on any atom is -0.367 e. The predicted molar refractivity (Wildman–Crippen MR) is 82.7 cm³/mol. The maximum Gasteiger partial charge on any atom is 0.142 e. The molecule has 0 fully saturated rings. The number of nitriles is 1. The van der Waals surface area contributed by atoms with Crippen molar-refractivity contribution in [2.45, 2.75) is 13.3 Å². The van der Waals surface area contributed by atoms with Gasteiger partial charge in [0.05, 0.1) is 0 Å². The lowest BCUT2D eigenvalue weighted by molar-refractivity contribution is 0.828. The standard InChI is InChI=1S/C17H16N4/c1-13-9-17(10-16(11-18)20-13)21-8-2-3-15(12-21)14-4-6-19-7-5-14/h3-7,9-10H,2,8,12H2,1H3. The largest absolute Gasteiger partial charge is 0.367 e. The fraction of sp³-hybridized carbons (Fsp3) is 0.235. The van der Waals surface area contributed by atoms with E-state index >= 15 is 0 Å². The van der Waals surface area contributed by atoms with Crippen LogP contribution >= 0.6 is 0 Å². The van der Waals surface area contributed by atoms with Gasteiger partial charge < -0.3 is 4.90 Å². The summed E-state index contributed by atoms with van der Waals surface area (Å²) in [4.78, 5) is 10.6. The summed E-state index contributed by atoms with van der Waals surface area (Å²) in [7, 11) is 0. The zero-order valence-electron chi connectivity index (χ0n) is 12.0. The average Bonchev–Trinajstić information content (AvgIpc) is 2.55. The third kappa shape index (κ3) is 2.92. The van der Waals surface area contributed by atoms with Gasteiger partial charge in [-0.3, -0.25) is 4.98 Å². The molecule has 0 N–H and O–H groups in total. The highest BCUT2D eigenvalue weighted by Gasteiger charge is 2.15. The Morgan fingerprint density at radius 3 is 2.81 bits per heavy atom. The van der Waals surface area contributed by atoms with Crippen LogP contribution in [-0.4, -0.2) is 23.1 Å². The summed E-state index contributed by atoms with van der Waals surface area (Å²) < 4.78 is 0. The number of hydrogen-bond donors (Lipinski definition) is 0. The van der Waals surface area contributed by atoms with Crippen LogP contribution in [0.1, 0.15) is 23.4 Å². The average molecular weight is 276 g/mol. The summed E-state index contributed by atoms with van der Waals surface area (Å²) in [6.45, 7) is 3.73. The van der Waals surface area contributed by atoms with Crippen LogP contribution in [0.25, 0.3) is 5.57 Å². The third-order valence-corrected chi connectivity index (χ3v) is 3.62. The fourth-order valence-electron chi connectivity index (χ4n) is 2.63. The van der Waals surface area contributed by atoms with Gasteiger partial charge in [-0.25, -0.2) is 4.98 Å². The molecular formula is C17H16N4. The van der Waals surface area contributed by atoms with Crippen LogP contribution in [0.4, 0.5) is 5.69 Å². The normalized spacial score (nSPS) is 14.5. The van der Waals surface area contributed by atoms with Crippen molar-refractivity contribution < 1.29 is 0 Å². The van der Waals surface area contributed by atoms with Gasteiger partial charge in [0.2, 0.25) is 0 Å². The Morgan fingerprint density at radius 1 is 1.24 bits per heavy atom. The monoisotopic (exact) mass is 276 g/mol. The Hall–Kier alpha value is -2.67. The second kappa shape index (κ2) is 5.76. The molecule has 0 aliphatic carbocycles. The van der Waals surface area contributed by atoms with Crippen molar-refractivity contribution in [3.05, 3.63) is 59.7 Å². The van der Waals surface area contributed by atoms with Gasteiger partial charge in [-0.2, -0.15) is 5.26 Å². The zero-order chi connectivity index (χ0) is 14.7. The molecule has 21 heavy (non-hydrogen) atoms. The molecule has 4 heteroatoms. The van der Waals surface area contributed by atoms with Crippen molar-refractivity contribution in [2.75, 3.05) is 18.0 Å². The molecule has 1 aliphatic rings. The topological polar surface area (TPSA) is 52.8 Å². The minimum absolute atomic E-state index is 0.477. The summed E-state index contributed by atoms with van der Waals surface area (Å²) in [5, 5.41) is 9.07. The molecule has 2 aromatic heterocycles. The van der Waals surface area contributed by atoms with E-state index in [1.165, 1.54) is 11.1 Å². The van der Waals surface area contributed by atoms with E-state index in [9.17, 15) is 0 Å². The van der Waals surface area contributed by atoms with E-state index in [2.05, 4.69) is 27.0 Å².